The first-order valence-electron chi connectivity index (χ1n) is 4.26. The summed E-state index contributed by atoms with van der Waals surface area (Å²) in [6, 6.07) is 0. The number of carbonyl (C=O) groups excluding carboxylic acids is 2. The van der Waals surface area contributed by atoms with E-state index in [0.717, 1.165) is 0 Å². The van der Waals surface area contributed by atoms with Gasteiger partial charge in [0.25, 0.3) is 11.8 Å². The van der Waals surface area contributed by atoms with Gasteiger partial charge in [-0.3, -0.25) is 14.5 Å². The van der Waals surface area contributed by atoms with Crippen LogP contribution in [0.1, 0.15) is 13.8 Å². The second kappa shape index (κ2) is 4.18. The van der Waals surface area contributed by atoms with Gasteiger partial charge in [-0.15, -0.1) is 0 Å². The van der Waals surface area contributed by atoms with Gasteiger partial charge in [-0.25, -0.2) is 0 Å². The first-order chi connectivity index (χ1) is 6.11. The summed E-state index contributed by atoms with van der Waals surface area (Å²) in [5.41, 5.74) is 0. The van der Waals surface area contributed by atoms with E-state index in [1.807, 2.05) is 13.8 Å². The van der Waals surface area contributed by atoms with Gasteiger partial charge < -0.3 is 4.74 Å². The Kier molecular flexibility index (Phi) is 3.19. The minimum Gasteiger partial charge on any atom is -0.377 e. The molecule has 0 aliphatic carbocycles. The number of hydrogen-bond acceptors (Lipinski definition) is 3. The Morgan fingerprint density at radius 2 is 1.85 bits per heavy atom. The zero-order valence-electron chi connectivity index (χ0n) is 7.82. The maximum atomic E-state index is 11.0. The molecule has 1 rings (SSSR count). The molecule has 0 atom stereocenters. The highest BCUT2D eigenvalue weighted by molar-refractivity contribution is 6.12. The van der Waals surface area contributed by atoms with Gasteiger partial charge in [0, 0.05) is 12.2 Å². The molecule has 0 aromatic heterocycles. The molecular weight excluding hydrogens is 170 g/mol. The summed E-state index contributed by atoms with van der Waals surface area (Å²) in [6.07, 6.45) is 2.68. The molecule has 0 saturated heterocycles. The Balaban J connectivity index is 2.30. The molecular formula is C9H13NO3. The molecule has 72 valence electrons. The molecule has 0 spiro atoms. The molecule has 0 bridgehead atoms. The van der Waals surface area contributed by atoms with E-state index in [-0.39, 0.29) is 17.9 Å². The van der Waals surface area contributed by atoms with E-state index in [1.165, 1.54) is 17.1 Å². The van der Waals surface area contributed by atoms with Crippen molar-refractivity contribution >= 4 is 11.8 Å². The smallest absolute Gasteiger partial charge is 0.253 e. The molecule has 0 N–H and O–H groups in total. The summed E-state index contributed by atoms with van der Waals surface area (Å²) in [4.78, 5) is 23.2. The number of rotatable bonds is 4. The molecule has 1 aliphatic heterocycles. The highest BCUT2D eigenvalue weighted by Crippen LogP contribution is 2.02. The van der Waals surface area contributed by atoms with Crippen LogP contribution >= 0.6 is 0 Å². The van der Waals surface area contributed by atoms with Gasteiger partial charge in [-0.1, -0.05) is 0 Å². The van der Waals surface area contributed by atoms with Gasteiger partial charge in [0.1, 0.15) is 0 Å². The molecule has 0 aromatic carbocycles. The number of hydrogen-bond donors (Lipinski definition) is 0. The van der Waals surface area contributed by atoms with Crippen molar-refractivity contribution in [3.63, 3.8) is 0 Å². The van der Waals surface area contributed by atoms with Gasteiger partial charge in [0.05, 0.1) is 19.3 Å². The molecule has 1 heterocycles. The largest absolute Gasteiger partial charge is 0.377 e. The van der Waals surface area contributed by atoms with E-state index in [1.54, 1.807) is 0 Å². The van der Waals surface area contributed by atoms with Crippen molar-refractivity contribution in [2.75, 3.05) is 13.2 Å². The fourth-order valence-electron chi connectivity index (χ4n) is 1.03. The summed E-state index contributed by atoms with van der Waals surface area (Å²) in [7, 11) is 0. The third-order valence-electron chi connectivity index (χ3n) is 1.67. The lowest BCUT2D eigenvalue weighted by Crippen LogP contribution is -2.33. The van der Waals surface area contributed by atoms with Gasteiger partial charge in [0.15, 0.2) is 0 Å². The normalized spacial score (nSPS) is 16.4. The van der Waals surface area contributed by atoms with Gasteiger partial charge in [-0.05, 0) is 13.8 Å². The van der Waals surface area contributed by atoms with Crippen molar-refractivity contribution in [2.24, 2.45) is 0 Å². The van der Waals surface area contributed by atoms with E-state index in [2.05, 4.69) is 0 Å². The SMILES string of the molecule is CC(C)OCCN1C(=O)C=CC1=O. The Labute approximate surface area is 77.2 Å². The van der Waals surface area contributed by atoms with Crippen molar-refractivity contribution in [1.29, 1.82) is 0 Å². The fraction of sp³-hybridized carbons (Fsp3) is 0.556. The Morgan fingerprint density at radius 1 is 1.31 bits per heavy atom. The van der Waals surface area contributed by atoms with Crippen molar-refractivity contribution < 1.29 is 14.3 Å². The van der Waals surface area contributed by atoms with E-state index in [9.17, 15) is 9.59 Å². The third kappa shape index (κ3) is 2.66. The second-order valence-corrected chi connectivity index (χ2v) is 3.08. The third-order valence-corrected chi connectivity index (χ3v) is 1.67. The Hall–Kier alpha value is -1.16. The number of carbonyl (C=O) groups is 2. The van der Waals surface area contributed by atoms with E-state index >= 15 is 0 Å². The van der Waals surface area contributed by atoms with Gasteiger partial charge >= 0.3 is 0 Å². The molecule has 13 heavy (non-hydrogen) atoms. The predicted octanol–water partition coefficient (Wildman–Crippen LogP) is 0.336. The summed E-state index contributed by atoms with van der Waals surface area (Å²) in [6.45, 7) is 4.55. The van der Waals surface area contributed by atoms with E-state index in [0.29, 0.717) is 13.2 Å². The number of ether oxygens (including phenoxy) is 1. The monoisotopic (exact) mass is 183 g/mol. The molecule has 1 aliphatic rings. The van der Waals surface area contributed by atoms with E-state index < -0.39 is 0 Å². The van der Waals surface area contributed by atoms with Crippen molar-refractivity contribution in [3.8, 4) is 0 Å². The first kappa shape index (κ1) is 9.92. The molecule has 0 aromatic rings. The summed E-state index contributed by atoms with van der Waals surface area (Å²) in [5.74, 6) is -0.505. The van der Waals surface area contributed by atoms with Crippen molar-refractivity contribution in [3.05, 3.63) is 12.2 Å². The lowest BCUT2D eigenvalue weighted by molar-refractivity contribution is -0.137. The molecule has 4 nitrogen and oxygen atoms in total. The Bertz CT molecular complexity index is 227. The lowest BCUT2D eigenvalue weighted by atomic mass is 10.5. The number of imide groups is 1. The van der Waals surface area contributed by atoms with Gasteiger partial charge in [0.2, 0.25) is 0 Å². The molecule has 4 heteroatoms. The maximum absolute atomic E-state index is 11.0. The van der Waals surface area contributed by atoms with Crippen LogP contribution in [0.15, 0.2) is 12.2 Å². The Morgan fingerprint density at radius 3 is 2.31 bits per heavy atom. The fourth-order valence-corrected chi connectivity index (χ4v) is 1.03. The summed E-state index contributed by atoms with van der Waals surface area (Å²) < 4.78 is 5.23. The zero-order valence-corrected chi connectivity index (χ0v) is 7.82. The molecule has 0 radical (unpaired) electrons. The van der Waals surface area contributed by atoms with Crippen LogP contribution in [0.3, 0.4) is 0 Å². The zero-order chi connectivity index (χ0) is 9.84. The summed E-state index contributed by atoms with van der Waals surface area (Å²) in [5, 5.41) is 0. The van der Waals surface area contributed by atoms with Gasteiger partial charge in [-0.2, -0.15) is 0 Å². The number of nitrogens with zero attached hydrogens (tertiary/aromatic N) is 1. The standard InChI is InChI=1S/C9H13NO3/c1-7(2)13-6-5-10-8(11)3-4-9(10)12/h3-4,7H,5-6H2,1-2H3. The van der Waals surface area contributed by atoms with Crippen LogP contribution in [0.4, 0.5) is 0 Å². The quantitative estimate of drug-likeness (QED) is 0.590. The molecule has 2 amide bonds. The highest BCUT2D eigenvalue weighted by atomic mass is 16.5. The highest BCUT2D eigenvalue weighted by Gasteiger charge is 2.22. The molecule has 0 saturated carbocycles. The predicted molar refractivity (Wildman–Crippen MR) is 46.9 cm³/mol. The van der Waals surface area contributed by atoms with Crippen LogP contribution in [-0.2, 0) is 14.3 Å². The summed E-state index contributed by atoms with van der Waals surface area (Å²) >= 11 is 0. The average molecular weight is 183 g/mol. The molecule has 0 fully saturated rings. The van der Waals surface area contributed by atoms with Crippen LogP contribution in [0.5, 0.6) is 0 Å². The topological polar surface area (TPSA) is 46.6 Å². The second-order valence-electron chi connectivity index (χ2n) is 3.08. The average Bonchev–Trinajstić information content (AvgIpc) is 2.34. The van der Waals surface area contributed by atoms with Crippen LogP contribution < -0.4 is 0 Å². The van der Waals surface area contributed by atoms with Crippen molar-refractivity contribution in [2.45, 2.75) is 20.0 Å². The van der Waals surface area contributed by atoms with Crippen LogP contribution in [0, 0.1) is 0 Å². The first-order valence-corrected chi connectivity index (χ1v) is 4.26. The minimum absolute atomic E-state index is 0.126. The van der Waals surface area contributed by atoms with Crippen LogP contribution in [-0.4, -0.2) is 36.0 Å². The van der Waals surface area contributed by atoms with Crippen LogP contribution in [0.25, 0.3) is 0 Å². The molecule has 0 unspecified atom stereocenters. The maximum Gasteiger partial charge on any atom is 0.253 e. The van der Waals surface area contributed by atoms with E-state index in [4.69, 9.17) is 4.74 Å². The lowest BCUT2D eigenvalue weighted by Gasteiger charge is -2.14. The van der Waals surface area contributed by atoms with Crippen molar-refractivity contribution in [1.82, 2.24) is 4.90 Å². The van der Waals surface area contributed by atoms with Crippen LogP contribution in [0.2, 0.25) is 0 Å². The minimum atomic E-state index is -0.252. The number of amides is 2.